The second kappa shape index (κ2) is 9.00. The molecule has 3 fully saturated rings. The van der Waals surface area contributed by atoms with E-state index in [2.05, 4.69) is 10.2 Å². The predicted molar refractivity (Wildman–Crippen MR) is 89.1 cm³/mol. The predicted octanol–water partition coefficient (Wildman–Crippen LogP) is 2.30. The zero-order valence-electron chi connectivity index (χ0n) is 14.3. The molecule has 1 N–H and O–H groups in total. The van der Waals surface area contributed by atoms with Crippen molar-refractivity contribution in [2.45, 2.75) is 70.1 Å². The monoisotopic (exact) mass is 324 g/mol. The number of nitrogens with zero attached hydrogens (tertiary/aromatic N) is 1. The van der Waals surface area contributed by atoms with Crippen LogP contribution in [0.15, 0.2) is 0 Å². The summed E-state index contributed by atoms with van der Waals surface area (Å²) in [6, 6.07) is 0.376. The summed E-state index contributed by atoms with van der Waals surface area (Å²) in [5.74, 6) is 0.915. The van der Waals surface area contributed by atoms with Gasteiger partial charge in [-0.05, 0) is 31.6 Å². The SMILES string of the molecule is O=C(CC1CCCCC1)NC1CCN(CCC2OCCO2)CC1. The number of likely N-dealkylation sites (tertiary alicyclic amines) is 1. The van der Waals surface area contributed by atoms with Gasteiger partial charge >= 0.3 is 0 Å². The first-order valence-electron chi connectivity index (χ1n) is 9.54. The summed E-state index contributed by atoms with van der Waals surface area (Å²) in [7, 11) is 0. The summed E-state index contributed by atoms with van der Waals surface area (Å²) in [6.07, 6.45) is 10.3. The summed E-state index contributed by atoms with van der Waals surface area (Å²) in [6.45, 7) is 4.65. The molecule has 0 atom stereocenters. The summed E-state index contributed by atoms with van der Waals surface area (Å²) in [5.41, 5.74) is 0. The third kappa shape index (κ3) is 5.73. The van der Waals surface area contributed by atoms with E-state index in [-0.39, 0.29) is 12.2 Å². The lowest BCUT2D eigenvalue weighted by atomic mass is 9.86. The van der Waals surface area contributed by atoms with Crippen LogP contribution >= 0.6 is 0 Å². The van der Waals surface area contributed by atoms with E-state index in [1.807, 2.05) is 0 Å². The topological polar surface area (TPSA) is 50.8 Å². The quantitative estimate of drug-likeness (QED) is 0.814. The Morgan fingerprint density at radius 1 is 1.00 bits per heavy atom. The first-order chi connectivity index (χ1) is 11.3. The fourth-order valence-corrected chi connectivity index (χ4v) is 4.10. The normalized spacial score (nSPS) is 25.7. The van der Waals surface area contributed by atoms with Crippen molar-refractivity contribution in [3.05, 3.63) is 0 Å². The Kier molecular flexibility index (Phi) is 6.72. The van der Waals surface area contributed by atoms with Gasteiger partial charge in [0.2, 0.25) is 5.91 Å². The molecule has 0 spiro atoms. The van der Waals surface area contributed by atoms with E-state index in [0.717, 1.165) is 58.5 Å². The lowest BCUT2D eigenvalue weighted by Crippen LogP contribution is -2.45. The van der Waals surface area contributed by atoms with Crippen LogP contribution in [0.2, 0.25) is 0 Å². The Hall–Kier alpha value is -0.650. The van der Waals surface area contributed by atoms with Crippen LogP contribution in [0.4, 0.5) is 0 Å². The molecule has 1 saturated carbocycles. The van der Waals surface area contributed by atoms with Gasteiger partial charge < -0.3 is 19.7 Å². The standard InChI is InChI=1S/C18H32N2O3/c21-17(14-15-4-2-1-3-5-15)19-16-6-9-20(10-7-16)11-8-18-22-12-13-23-18/h15-16,18H,1-14H2,(H,19,21). The largest absolute Gasteiger partial charge is 0.353 e. The van der Waals surface area contributed by atoms with Gasteiger partial charge in [0.15, 0.2) is 6.29 Å². The van der Waals surface area contributed by atoms with Crippen molar-refractivity contribution < 1.29 is 14.3 Å². The van der Waals surface area contributed by atoms with Crippen LogP contribution in [-0.4, -0.2) is 56.0 Å². The van der Waals surface area contributed by atoms with Gasteiger partial charge in [0.1, 0.15) is 0 Å². The summed E-state index contributed by atoms with van der Waals surface area (Å²) < 4.78 is 11.0. The van der Waals surface area contributed by atoms with Crippen molar-refractivity contribution in [2.24, 2.45) is 5.92 Å². The van der Waals surface area contributed by atoms with Crippen molar-refractivity contribution in [1.82, 2.24) is 10.2 Å². The highest BCUT2D eigenvalue weighted by molar-refractivity contribution is 5.76. The van der Waals surface area contributed by atoms with Crippen LogP contribution in [0.25, 0.3) is 0 Å². The van der Waals surface area contributed by atoms with Gasteiger partial charge in [0, 0.05) is 38.5 Å². The van der Waals surface area contributed by atoms with E-state index in [1.165, 1.54) is 32.1 Å². The van der Waals surface area contributed by atoms with Crippen molar-refractivity contribution >= 4 is 5.91 Å². The minimum Gasteiger partial charge on any atom is -0.353 e. The Balaban J connectivity index is 1.28. The highest BCUT2D eigenvalue weighted by Gasteiger charge is 2.24. The number of hydrogen-bond donors (Lipinski definition) is 1. The maximum Gasteiger partial charge on any atom is 0.220 e. The molecule has 1 aliphatic carbocycles. The van der Waals surface area contributed by atoms with Gasteiger partial charge in [0.05, 0.1) is 13.2 Å². The van der Waals surface area contributed by atoms with E-state index < -0.39 is 0 Å². The fourth-order valence-electron chi connectivity index (χ4n) is 4.10. The Bertz CT molecular complexity index is 357. The Labute approximate surface area is 140 Å². The number of piperidine rings is 1. The molecule has 3 aliphatic rings. The van der Waals surface area contributed by atoms with Crippen LogP contribution in [0.1, 0.15) is 57.8 Å². The fraction of sp³-hybridized carbons (Fsp3) is 0.944. The van der Waals surface area contributed by atoms with Crippen molar-refractivity contribution in [3.8, 4) is 0 Å². The van der Waals surface area contributed by atoms with E-state index in [9.17, 15) is 4.79 Å². The molecule has 132 valence electrons. The molecule has 5 heteroatoms. The lowest BCUT2D eigenvalue weighted by Gasteiger charge is -2.33. The van der Waals surface area contributed by atoms with Gasteiger partial charge in [-0.15, -0.1) is 0 Å². The van der Waals surface area contributed by atoms with Crippen LogP contribution < -0.4 is 5.32 Å². The third-order valence-corrected chi connectivity index (χ3v) is 5.52. The zero-order chi connectivity index (χ0) is 15.9. The first kappa shape index (κ1) is 17.2. The van der Waals surface area contributed by atoms with Crippen LogP contribution in [0.3, 0.4) is 0 Å². The van der Waals surface area contributed by atoms with E-state index >= 15 is 0 Å². The van der Waals surface area contributed by atoms with E-state index in [4.69, 9.17) is 9.47 Å². The second-order valence-corrected chi connectivity index (χ2v) is 7.35. The molecule has 1 amide bonds. The number of carbonyl (C=O) groups is 1. The van der Waals surface area contributed by atoms with Gasteiger partial charge in [-0.1, -0.05) is 19.3 Å². The number of carbonyl (C=O) groups excluding carboxylic acids is 1. The number of amides is 1. The minimum absolute atomic E-state index is 0.00270. The number of nitrogens with one attached hydrogen (secondary N) is 1. The molecule has 2 heterocycles. The summed E-state index contributed by atoms with van der Waals surface area (Å²) in [5, 5.41) is 3.27. The molecule has 3 rings (SSSR count). The summed E-state index contributed by atoms with van der Waals surface area (Å²) in [4.78, 5) is 14.7. The number of rotatable bonds is 6. The van der Waals surface area contributed by atoms with Crippen molar-refractivity contribution in [2.75, 3.05) is 32.8 Å². The molecule has 23 heavy (non-hydrogen) atoms. The maximum atomic E-state index is 12.2. The van der Waals surface area contributed by atoms with Crippen molar-refractivity contribution in [3.63, 3.8) is 0 Å². The molecule has 5 nitrogen and oxygen atoms in total. The second-order valence-electron chi connectivity index (χ2n) is 7.35. The minimum atomic E-state index is 0.00270. The van der Waals surface area contributed by atoms with Gasteiger partial charge in [0.25, 0.3) is 0 Å². The highest BCUT2D eigenvalue weighted by atomic mass is 16.7. The van der Waals surface area contributed by atoms with Crippen LogP contribution in [-0.2, 0) is 14.3 Å². The smallest absolute Gasteiger partial charge is 0.220 e. The highest BCUT2D eigenvalue weighted by Crippen LogP contribution is 2.26. The van der Waals surface area contributed by atoms with E-state index in [0.29, 0.717) is 12.0 Å². The van der Waals surface area contributed by atoms with E-state index in [1.54, 1.807) is 0 Å². The lowest BCUT2D eigenvalue weighted by molar-refractivity contribution is -0.123. The average molecular weight is 324 g/mol. The molecule has 0 aromatic rings. The average Bonchev–Trinajstić information content (AvgIpc) is 3.08. The molecule has 0 aromatic carbocycles. The maximum absolute atomic E-state index is 12.2. The molecule has 2 saturated heterocycles. The molecule has 0 unspecified atom stereocenters. The molecular weight excluding hydrogens is 292 g/mol. The molecular formula is C18H32N2O3. The van der Waals surface area contributed by atoms with Crippen LogP contribution in [0.5, 0.6) is 0 Å². The van der Waals surface area contributed by atoms with Gasteiger partial charge in [-0.2, -0.15) is 0 Å². The number of hydrogen-bond acceptors (Lipinski definition) is 4. The molecule has 0 aromatic heterocycles. The van der Waals surface area contributed by atoms with Crippen molar-refractivity contribution in [1.29, 1.82) is 0 Å². The third-order valence-electron chi connectivity index (χ3n) is 5.52. The first-order valence-corrected chi connectivity index (χ1v) is 9.54. The number of ether oxygens (including phenoxy) is 2. The summed E-state index contributed by atoms with van der Waals surface area (Å²) >= 11 is 0. The Morgan fingerprint density at radius 3 is 2.39 bits per heavy atom. The van der Waals surface area contributed by atoms with Gasteiger partial charge in [-0.25, -0.2) is 0 Å². The molecule has 2 aliphatic heterocycles. The Morgan fingerprint density at radius 2 is 1.70 bits per heavy atom. The molecule has 0 bridgehead atoms. The van der Waals surface area contributed by atoms with Gasteiger partial charge in [-0.3, -0.25) is 4.79 Å². The van der Waals surface area contributed by atoms with Crippen LogP contribution in [0, 0.1) is 5.92 Å². The molecule has 0 radical (unpaired) electrons. The zero-order valence-corrected chi connectivity index (χ0v) is 14.3.